The van der Waals surface area contributed by atoms with Crippen molar-refractivity contribution in [2.45, 2.75) is 26.6 Å². The number of methoxy groups -OCH3 is 1. The van der Waals surface area contributed by atoms with Gasteiger partial charge in [0.05, 0.1) is 13.2 Å². The van der Waals surface area contributed by atoms with Gasteiger partial charge in [-0.15, -0.1) is 0 Å². The molecule has 0 saturated heterocycles. The Morgan fingerprint density at radius 1 is 1.48 bits per heavy atom. The smallest absolute Gasteiger partial charge is 0.252 e. The molecule has 0 saturated carbocycles. The summed E-state index contributed by atoms with van der Waals surface area (Å²) < 4.78 is 7.51. The summed E-state index contributed by atoms with van der Waals surface area (Å²) in [5.74, 6) is 0.555. The Morgan fingerprint density at radius 3 is 2.95 bits per heavy atom. The van der Waals surface area contributed by atoms with E-state index in [1.807, 2.05) is 29.7 Å². The molecule has 0 radical (unpaired) electrons. The first-order valence-corrected chi connectivity index (χ1v) is 7.07. The Labute approximate surface area is 128 Å². The molecule has 0 atom stereocenters. The van der Waals surface area contributed by atoms with Crippen molar-refractivity contribution in [3.8, 4) is 0 Å². The minimum absolute atomic E-state index is 0.153. The van der Waals surface area contributed by atoms with Gasteiger partial charge in [0, 0.05) is 19.2 Å². The highest BCUT2D eigenvalue weighted by atomic mass is 32.1. The second-order valence-electron chi connectivity index (χ2n) is 4.46. The van der Waals surface area contributed by atoms with E-state index < -0.39 is 0 Å². The van der Waals surface area contributed by atoms with Crippen LogP contribution in [0.5, 0.6) is 0 Å². The maximum Gasteiger partial charge on any atom is 0.252 e. The summed E-state index contributed by atoms with van der Waals surface area (Å²) in [7, 11) is 1.60. The molecule has 1 heterocycles. The fourth-order valence-electron chi connectivity index (χ4n) is 2.09. The number of rotatable bonds is 6. The van der Waals surface area contributed by atoms with Gasteiger partial charge in [0.25, 0.3) is 5.91 Å². The van der Waals surface area contributed by atoms with Gasteiger partial charge < -0.3 is 14.6 Å². The van der Waals surface area contributed by atoms with Crippen LogP contribution in [-0.2, 0) is 24.4 Å². The van der Waals surface area contributed by atoms with E-state index in [-0.39, 0.29) is 5.91 Å². The molecule has 7 heteroatoms. The van der Waals surface area contributed by atoms with Crippen molar-refractivity contribution < 1.29 is 9.53 Å². The quantitative estimate of drug-likeness (QED) is 0.801. The standard InChI is InChI=1S/C14H18N4O2S/c1-3-18-12(16-17-14(18)21)8-15-13(19)11-7-5-4-6-10(11)9-20-2/h4-7H,3,8-9H2,1-2H3,(H,15,19)(H,17,21). The highest BCUT2D eigenvalue weighted by Crippen LogP contribution is 2.10. The lowest BCUT2D eigenvalue weighted by molar-refractivity contribution is 0.0944. The number of carbonyl (C=O) groups is 1. The van der Waals surface area contributed by atoms with Gasteiger partial charge in [-0.2, -0.15) is 5.10 Å². The van der Waals surface area contributed by atoms with Crippen LogP contribution in [0.1, 0.15) is 28.7 Å². The highest BCUT2D eigenvalue weighted by Gasteiger charge is 2.12. The van der Waals surface area contributed by atoms with Crippen molar-refractivity contribution in [1.29, 1.82) is 0 Å². The van der Waals surface area contributed by atoms with Crippen LogP contribution in [0.15, 0.2) is 24.3 Å². The molecule has 1 aromatic heterocycles. The lowest BCUT2D eigenvalue weighted by atomic mass is 10.1. The first-order chi connectivity index (χ1) is 10.2. The van der Waals surface area contributed by atoms with Crippen LogP contribution in [-0.4, -0.2) is 27.8 Å². The summed E-state index contributed by atoms with van der Waals surface area (Å²) in [6, 6.07) is 7.37. The summed E-state index contributed by atoms with van der Waals surface area (Å²) in [5.41, 5.74) is 1.46. The zero-order valence-electron chi connectivity index (χ0n) is 12.0. The Hall–Kier alpha value is -1.99. The molecule has 2 rings (SSSR count). The first kappa shape index (κ1) is 15.4. The van der Waals surface area contributed by atoms with E-state index in [1.54, 1.807) is 13.2 Å². The number of aromatic nitrogens is 3. The molecule has 112 valence electrons. The van der Waals surface area contributed by atoms with E-state index >= 15 is 0 Å². The average Bonchev–Trinajstić information content (AvgIpc) is 2.85. The lowest BCUT2D eigenvalue weighted by Crippen LogP contribution is -2.25. The number of amides is 1. The monoisotopic (exact) mass is 306 g/mol. The molecule has 6 nitrogen and oxygen atoms in total. The molecule has 1 amide bonds. The molecular formula is C14H18N4O2S. The summed E-state index contributed by atoms with van der Waals surface area (Å²) in [5, 5.41) is 9.70. The van der Waals surface area contributed by atoms with Crippen LogP contribution in [0, 0.1) is 4.77 Å². The van der Waals surface area contributed by atoms with Crippen molar-refractivity contribution in [2.24, 2.45) is 0 Å². The van der Waals surface area contributed by atoms with Gasteiger partial charge in [-0.3, -0.25) is 9.89 Å². The third-order valence-corrected chi connectivity index (χ3v) is 3.43. The Bertz CT molecular complexity index is 678. The molecular weight excluding hydrogens is 288 g/mol. The third-order valence-electron chi connectivity index (χ3n) is 3.12. The fourth-order valence-corrected chi connectivity index (χ4v) is 2.37. The number of hydrogen-bond acceptors (Lipinski definition) is 4. The predicted molar refractivity (Wildman–Crippen MR) is 81.4 cm³/mol. The van der Waals surface area contributed by atoms with Crippen molar-refractivity contribution in [3.63, 3.8) is 0 Å². The maximum atomic E-state index is 12.3. The molecule has 21 heavy (non-hydrogen) atoms. The summed E-state index contributed by atoms with van der Waals surface area (Å²) in [6.45, 7) is 3.41. The topological polar surface area (TPSA) is 71.9 Å². The van der Waals surface area contributed by atoms with Gasteiger partial charge >= 0.3 is 0 Å². The molecule has 2 aromatic rings. The van der Waals surface area contributed by atoms with Crippen LogP contribution >= 0.6 is 12.2 Å². The zero-order valence-corrected chi connectivity index (χ0v) is 12.9. The molecule has 0 bridgehead atoms. The van der Waals surface area contributed by atoms with E-state index in [1.165, 1.54) is 0 Å². The van der Waals surface area contributed by atoms with Crippen LogP contribution in [0.4, 0.5) is 0 Å². The number of aromatic amines is 1. The fraction of sp³-hybridized carbons (Fsp3) is 0.357. The summed E-state index contributed by atoms with van der Waals surface area (Å²) in [6.07, 6.45) is 0. The number of carbonyl (C=O) groups excluding carboxylic acids is 1. The molecule has 0 aliphatic heterocycles. The van der Waals surface area contributed by atoms with E-state index in [2.05, 4.69) is 15.5 Å². The normalized spacial score (nSPS) is 10.6. The summed E-state index contributed by atoms with van der Waals surface area (Å²) >= 11 is 5.12. The van der Waals surface area contributed by atoms with Gasteiger partial charge in [0.15, 0.2) is 10.6 Å². The minimum Gasteiger partial charge on any atom is -0.380 e. The largest absolute Gasteiger partial charge is 0.380 e. The van der Waals surface area contributed by atoms with E-state index in [4.69, 9.17) is 17.0 Å². The van der Waals surface area contributed by atoms with Crippen molar-refractivity contribution in [2.75, 3.05) is 7.11 Å². The maximum absolute atomic E-state index is 12.3. The third kappa shape index (κ3) is 3.56. The number of nitrogens with one attached hydrogen (secondary N) is 2. The minimum atomic E-state index is -0.153. The van der Waals surface area contributed by atoms with Crippen LogP contribution in [0.25, 0.3) is 0 Å². The van der Waals surface area contributed by atoms with E-state index in [0.717, 1.165) is 5.56 Å². The van der Waals surface area contributed by atoms with Crippen molar-refractivity contribution >= 4 is 18.1 Å². The average molecular weight is 306 g/mol. The van der Waals surface area contributed by atoms with Gasteiger partial charge in [0.1, 0.15) is 0 Å². The van der Waals surface area contributed by atoms with Crippen LogP contribution in [0.3, 0.4) is 0 Å². The van der Waals surface area contributed by atoms with Gasteiger partial charge in [-0.1, -0.05) is 18.2 Å². The molecule has 2 N–H and O–H groups in total. The first-order valence-electron chi connectivity index (χ1n) is 6.66. The van der Waals surface area contributed by atoms with E-state index in [0.29, 0.717) is 35.9 Å². The lowest BCUT2D eigenvalue weighted by Gasteiger charge is -2.09. The molecule has 0 fully saturated rings. The second-order valence-corrected chi connectivity index (χ2v) is 4.85. The number of H-pyrrole nitrogens is 1. The second kappa shape index (κ2) is 7.14. The van der Waals surface area contributed by atoms with Crippen LogP contribution in [0.2, 0.25) is 0 Å². The highest BCUT2D eigenvalue weighted by molar-refractivity contribution is 7.71. The Kier molecular flexibility index (Phi) is 5.24. The number of benzene rings is 1. The van der Waals surface area contributed by atoms with E-state index in [9.17, 15) is 4.79 Å². The van der Waals surface area contributed by atoms with Gasteiger partial charge in [0.2, 0.25) is 0 Å². The van der Waals surface area contributed by atoms with Crippen molar-refractivity contribution in [3.05, 3.63) is 46.0 Å². The molecule has 1 aromatic carbocycles. The Balaban J connectivity index is 2.10. The molecule has 0 aliphatic carbocycles. The van der Waals surface area contributed by atoms with Gasteiger partial charge in [-0.25, -0.2) is 0 Å². The number of hydrogen-bond donors (Lipinski definition) is 2. The number of ether oxygens (including phenoxy) is 1. The number of nitrogens with zero attached hydrogens (tertiary/aromatic N) is 2. The molecule has 0 spiro atoms. The molecule has 0 aliphatic rings. The SMILES string of the molecule is CCn1c(CNC(=O)c2ccccc2COC)n[nH]c1=S. The zero-order chi connectivity index (χ0) is 15.2. The molecule has 0 unspecified atom stereocenters. The Morgan fingerprint density at radius 2 is 2.24 bits per heavy atom. The summed E-state index contributed by atoms with van der Waals surface area (Å²) in [4.78, 5) is 12.3. The van der Waals surface area contributed by atoms with Crippen LogP contribution < -0.4 is 5.32 Å². The predicted octanol–water partition coefficient (Wildman–Crippen LogP) is 2.04. The van der Waals surface area contributed by atoms with Gasteiger partial charge in [-0.05, 0) is 30.8 Å². The van der Waals surface area contributed by atoms with Crippen molar-refractivity contribution in [1.82, 2.24) is 20.1 Å².